The van der Waals surface area contributed by atoms with Crippen molar-refractivity contribution in [3.05, 3.63) is 47.6 Å². The Morgan fingerprint density at radius 3 is 0.802 bits per heavy atom. The molecule has 21 aliphatic rings. The minimum atomic E-state index is -2.65. The third-order valence-corrected chi connectivity index (χ3v) is 28.1. The highest BCUT2D eigenvalue weighted by molar-refractivity contribution is 8.04. The number of ether oxygens (including phenoxy) is 4. The van der Waals surface area contributed by atoms with E-state index in [0.717, 1.165) is 117 Å². The van der Waals surface area contributed by atoms with Crippen molar-refractivity contribution < 1.29 is 40.6 Å². The van der Waals surface area contributed by atoms with E-state index in [1.54, 1.807) is 11.8 Å². The molecule has 24 heteroatoms. The van der Waals surface area contributed by atoms with E-state index in [4.69, 9.17) is 14.2 Å². The zero-order valence-electron chi connectivity index (χ0n) is 77.7. The van der Waals surface area contributed by atoms with Gasteiger partial charge in [0, 0.05) is 116 Å². The normalized spacial score (nSPS) is 23.4. The maximum atomic E-state index is 10.6. The number of aliphatic imine (C=N–C) groups is 2. The number of carbonyl (C=O) groups excluding carboxylic acids is 1. The molecule has 7 aliphatic carbocycles. The fourth-order valence-corrected chi connectivity index (χ4v) is 18.2. The molecule has 21 rings (SSSR count). The molecule has 0 radical (unpaired) electrons. The lowest BCUT2D eigenvalue weighted by Gasteiger charge is -2.10. The number of sulfone groups is 2. The number of ketones is 1. The lowest BCUT2D eigenvalue weighted by molar-refractivity contribution is -0.117. The van der Waals surface area contributed by atoms with Gasteiger partial charge in [-0.1, -0.05) is 217 Å². The lowest BCUT2D eigenvalue weighted by atomic mass is 10.0. The van der Waals surface area contributed by atoms with Gasteiger partial charge in [0.25, 0.3) is 0 Å². The first-order chi connectivity index (χ1) is 59.8. The molecule has 19 nitrogen and oxygen atoms in total. The van der Waals surface area contributed by atoms with Crippen LogP contribution in [0.25, 0.3) is 0 Å². The second-order valence-corrected chi connectivity index (χ2v) is 41.3. The van der Waals surface area contributed by atoms with Crippen molar-refractivity contribution in [3.63, 3.8) is 0 Å². The van der Waals surface area contributed by atoms with E-state index in [1.807, 2.05) is 47.4 Å². The molecule has 712 valence electrons. The Morgan fingerprint density at radius 2 is 0.645 bits per heavy atom. The van der Waals surface area contributed by atoms with Crippen molar-refractivity contribution >= 4 is 73.4 Å². The summed E-state index contributed by atoms with van der Waals surface area (Å²) in [5.74, 6) is 7.37. The molecular weight excluding hydrogens is 1610 g/mol. The molecular formula is C97H190N10O9S5. The molecule has 14 heterocycles. The van der Waals surface area contributed by atoms with Crippen molar-refractivity contribution in [2.45, 2.75) is 360 Å². The van der Waals surface area contributed by atoms with Crippen molar-refractivity contribution in [2.24, 2.45) is 9.98 Å². The Bertz CT molecular complexity index is 2080. The Balaban J connectivity index is 0.000000636. The molecule has 10 saturated heterocycles. The van der Waals surface area contributed by atoms with Gasteiger partial charge in [-0.2, -0.15) is 23.5 Å². The second-order valence-electron chi connectivity index (χ2n) is 33.4. The fraction of sp³-hybridized carbons (Fsp3) is 0.887. The van der Waals surface area contributed by atoms with Gasteiger partial charge in [0.15, 0.2) is 16.2 Å². The third kappa shape index (κ3) is 103. The van der Waals surface area contributed by atoms with Gasteiger partial charge in [-0.05, 0) is 222 Å². The molecule has 0 amide bonds. The van der Waals surface area contributed by atoms with Crippen LogP contribution in [0.3, 0.4) is 0 Å². The minimum absolute atomic E-state index is 0.312. The van der Waals surface area contributed by atoms with Crippen molar-refractivity contribution in [1.29, 1.82) is 0 Å². The van der Waals surface area contributed by atoms with Crippen LogP contribution in [-0.2, 0) is 43.4 Å². The van der Waals surface area contributed by atoms with Crippen LogP contribution in [0, 0.1) is 0 Å². The number of hydrogen-bond acceptors (Lipinski definition) is 22. The van der Waals surface area contributed by atoms with E-state index >= 15 is 0 Å². The number of hydrogen-bond donors (Lipinski definition) is 8. The number of thioether (sulfide) groups is 3. The molecule has 0 aromatic rings. The molecule has 0 aromatic carbocycles. The van der Waals surface area contributed by atoms with Crippen LogP contribution in [0.1, 0.15) is 360 Å². The van der Waals surface area contributed by atoms with E-state index < -0.39 is 19.7 Å². The van der Waals surface area contributed by atoms with Gasteiger partial charge in [0.05, 0.1) is 42.8 Å². The number of carbonyl (C=O) groups is 1. The van der Waals surface area contributed by atoms with Crippen LogP contribution in [-0.4, -0.2) is 226 Å². The van der Waals surface area contributed by atoms with Gasteiger partial charge in [-0.15, -0.1) is 11.8 Å². The third-order valence-electron chi connectivity index (χ3n) is 21.9. The maximum Gasteiger partial charge on any atom is 0.169 e. The average Bonchev–Trinajstić information content (AvgIpc) is 1.88. The van der Waals surface area contributed by atoms with Crippen LogP contribution in [0.2, 0.25) is 0 Å². The highest BCUT2D eigenvalue weighted by atomic mass is 32.2. The average molecular weight is 1800 g/mol. The van der Waals surface area contributed by atoms with Gasteiger partial charge in [0.1, 0.15) is 22.2 Å². The fourth-order valence-electron chi connectivity index (χ4n) is 13.3. The summed E-state index contributed by atoms with van der Waals surface area (Å²) < 4.78 is 61.9. The molecule has 14 aliphatic heterocycles. The predicted molar refractivity (Wildman–Crippen MR) is 533 cm³/mol. The molecule has 8 N–H and O–H groups in total. The first-order valence-corrected chi connectivity index (χ1v) is 57.1. The van der Waals surface area contributed by atoms with Gasteiger partial charge in [-0.3, -0.25) is 14.8 Å². The highest BCUT2D eigenvalue weighted by Gasteiger charge is 2.17. The molecule has 121 heavy (non-hydrogen) atoms. The molecule has 0 unspecified atom stereocenters. The molecule has 6 saturated carbocycles. The lowest BCUT2D eigenvalue weighted by Crippen LogP contribution is -2.35. The number of piperidine rings is 2. The highest BCUT2D eigenvalue weighted by Crippen LogP contribution is 2.20. The second kappa shape index (κ2) is 102. The number of rotatable bonds is 0. The summed E-state index contributed by atoms with van der Waals surface area (Å²) in [6, 6.07) is 0. The summed E-state index contributed by atoms with van der Waals surface area (Å²) in [5, 5.41) is 29.2. The Kier molecular flexibility index (Phi) is 98.3. The van der Waals surface area contributed by atoms with Crippen molar-refractivity contribution in [3.8, 4) is 0 Å². The van der Waals surface area contributed by atoms with Crippen LogP contribution in [0.5, 0.6) is 0 Å². The van der Waals surface area contributed by atoms with Gasteiger partial charge in [0.2, 0.25) is 0 Å². The van der Waals surface area contributed by atoms with Gasteiger partial charge in [-0.25, -0.2) is 16.8 Å². The number of nitrogens with one attached hydrogen (secondary N) is 8. The molecule has 0 bridgehead atoms. The first-order valence-electron chi connectivity index (χ1n) is 50.2. The van der Waals surface area contributed by atoms with E-state index in [1.165, 1.54) is 403 Å². The summed E-state index contributed by atoms with van der Waals surface area (Å²) in [6.07, 6.45) is 93.2. The van der Waals surface area contributed by atoms with Gasteiger partial charge >= 0.3 is 0 Å². The summed E-state index contributed by atoms with van der Waals surface area (Å²) in [5.41, 5.74) is 0. The van der Waals surface area contributed by atoms with E-state index in [2.05, 4.69) is 87.2 Å². The minimum Gasteiger partial charge on any atom is -0.482 e. The van der Waals surface area contributed by atoms with E-state index in [9.17, 15) is 21.6 Å². The summed E-state index contributed by atoms with van der Waals surface area (Å²) >= 11 is 5.78. The first kappa shape index (κ1) is 117. The van der Waals surface area contributed by atoms with E-state index in [0.29, 0.717) is 41.9 Å². The maximum absolute atomic E-state index is 10.6. The molecule has 0 spiro atoms. The Labute approximate surface area is 758 Å². The Hall–Kier alpha value is -2.04. The van der Waals surface area contributed by atoms with Crippen molar-refractivity contribution in [2.75, 3.05) is 190 Å². The monoisotopic (exact) mass is 1800 g/mol. The van der Waals surface area contributed by atoms with Crippen LogP contribution < -0.4 is 42.5 Å². The quantitative estimate of drug-likeness (QED) is 0.0830. The SMILES string of the molecule is C1=CCCC1.C1=CNCCC1.C1=CSC=CN1.C1=NCCC1.C1=NCCO1.C1CCC1.C1CCC1.C1CCCC1.C1CCCCCC1.C1CCCCCC1.C1CCCOCC1.C1CCNC1.C1CCNCC1.C1CCNCC1.C1CCOC1.C1CCSC1.C1COCCN1.C1CSCCN1.O=C1CCCC1.O=S1(=O)CCCC1.O=S1(=O)CCNCC1. The summed E-state index contributed by atoms with van der Waals surface area (Å²) in [4.78, 5) is 17.9. The van der Waals surface area contributed by atoms with Gasteiger partial charge < -0.3 is 61.5 Å². The largest absolute Gasteiger partial charge is 0.482 e. The predicted octanol–water partition coefficient (Wildman–Crippen LogP) is 21.3. The topological polar surface area (TPSA) is 243 Å². The standard InChI is InChI=1S/2C7H14.C6H12O.2C5H11N.C5H9N.C5H8O.C5H10.C5H8.C4H9NO2S.C4H9NO.C4H9NS.C4H5NS.C4H9N.C4H7N.C4H8O2S.C4H8O.C4H8S.2C4H8.C3H5NO/c3*1-2-4-6-7-5-3-1;3*1-2-4-6-5-3-1;6-5-3-1-2-4-5;2*1-2-4-5-3-1;6-8(7)3-1-5-2-4-8;3*1-3-6-4-2-5-1;2*1-2-4-5-3-1;5-7(6)3-1-2-4-7;2*1-2-4-5-3-1;2*1-2-4-3-1;1-2-5-3-4-1/h2*1-7H2;1-6H2;2*6H,1-5H2;2,4,6H,1,3,5H2;1-4H2;1-5H2;1-2H,3-5H2;5H,1-4H2;2*5H,1-4H2;1-5H;5H,1-4H2;3H,1-2,4H2;1-4H2;2*1-4H2;2*1-4H2;3H,1-2H2. The van der Waals surface area contributed by atoms with Crippen LogP contribution >= 0.6 is 35.3 Å². The molecule has 0 atom stereocenters. The van der Waals surface area contributed by atoms with Crippen molar-refractivity contribution in [1.82, 2.24) is 42.5 Å². The number of allylic oxidation sites excluding steroid dienone is 3. The summed E-state index contributed by atoms with van der Waals surface area (Å²) in [7, 11) is -5.19. The molecule has 0 aromatic heterocycles. The number of morpholine rings is 1. The smallest absolute Gasteiger partial charge is 0.169 e. The number of Topliss-reactive ketones (excluding diaryl/α,β-unsaturated/α-hetero) is 1. The summed E-state index contributed by atoms with van der Waals surface area (Å²) in [6.45, 7) is 22.9. The van der Waals surface area contributed by atoms with Crippen LogP contribution in [0.15, 0.2) is 57.6 Å². The number of nitrogens with zero attached hydrogens (tertiary/aromatic N) is 2. The molecule has 16 fully saturated rings. The Morgan fingerprint density at radius 1 is 0.281 bits per heavy atom. The van der Waals surface area contributed by atoms with Crippen LogP contribution in [0.4, 0.5) is 0 Å². The van der Waals surface area contributed by atoms with E-state index in [-0.39, 0.29) is 0 Å². The zero-order valence-corrected chi connectivity index (χ0v) is 81.8. The zero-order chi connectivity index (χ0) is 86.5.